The quantitative estimate of drug-likeness (QED) is 0.772. The summed E-state index contributed by atoms with van der Waals surface area (Å²) < 4.78 is 4.91. The Labute approximate surface area is 109 Å². The van der Waals surface area contributed by atoms with Crippen molar-refractivity contribution in [1.82, 2.24) is 15.2 Å². The molecule has 2 N–H and O–H groups in total. The molecule has 0 saturated carbocycles. The molecule has 19 heavy (non-hydrogen) atoms. The van der Waals surface area contributed by atoms with E-state index in [2.05, 4.69) is 15.2 Å². The minimum Gasteiger partial charge on any atom is -0.408 e. The highest BCUT2D eigenvalue weighted by Crippen LogP contribution is 2.13. The van der Waals surface area contributed by atoms with E-state index >= 15 is 0 Å². The van der Waals surface area contributed by atoms with Gasteiger partial charge >= 0.3 is 5.76 Å². The zero-order chi connectivity index (χ0) is 13.2. The first kappa shape index (κ1) is 12.1. The second-order valence-corrected chi connectivity index (χ2v) is 4.67. The summed E-state index contributed by atoms with van der Waals surface area (Å²) in [6.07, 6.45) is 0. The van der Waals surface area contributed by atoms with Gasteiger partial charge in [0.2, 0.25) is 0 Å². The number of aromatic nitrogens is 1. The highest BCUT2D eigenvalue weighted by atomic mass is 16.4. The van der Waals surface area contributed by atoms with Gasteiger partial charge in [0.1, 0.15) is 0 Å². The van der Waals surface area contributed by atoms with E-state index in [0.29, 0.717) is 23.2 Å². The lowest BCUT2D eigenvalue weighted by Gasteiger charge is -2.26. The molecule has 6 nitrogen and oxygen atoms in total. The summed E-state index contributed by atoms with van der Waals surface area (Å²) in [7, 11) is 0. The number of oxazole rings is 1. The van der Waals surface area contributed by atoms with Crippen molar-refractivity contribution in [1.29, 1.82) is 0 Å². The Bertz CT molecular complexity index is 652. The molecule has 0 amide bonds. The fourth-order valence-electron chi connectivity index (χ4n) is 2.29. The Hall–Kier alpha value is -1.92. The van der Waals surface area contributed by atoms with E-state index in [1.54, 1.807) is 18.2 Å². The number of benzene rings is 1. The number of piperazine rings is 1. The van der Waals surface area contributed by atoms with E-state index in [9.17, 15) is 9.59 Å². The van der Waals surface area contributed by atoms with Gasteiger partial charge in [-0.05, 0) is 18.2 Å². The van der Waals surface area contributed by atoms with Crippen LogP contribution in [-0.2, 0) is 0 Å². The van der Waals surface area contributed by atoms with Crippen molar-refractivity contribution in [2.75, 3.05) is 32.7 Å². The Balaban J connectivity index is 1.78. The number of aromatic amines is 1. The highest BCUT2D eigenvalue weighted by molar-refractivity contribution is 5.99. The van der Waals surface area contributed by atoms with Crippen LogP contribution < -0.4 is 11.1 Å². The van der Waals surface area contributed by atoms with Gasteiger partial charge in [0, 0.05) is 31.7 Å². The molecule has 0 spiro atoms. The van der Waals surface area contributed by atoms with Crippen molar-refractivity contribution in [2.24, 2.45) is 0 Å². The number of carbonyl (C=O) groups excluding carboxylic acids is 1. The van der Waals surface area contributed by atoms with E-state index in [4.69, 9.17) is 4.42 Å². The molecular weight excluding hydrogens is 246 g/mol. The Morgan fingerprint density at radius 3 is 2.89 bits per heavy atom. The van der Waals surface area contributed by atoms with Gasteiger partial charge in [0.15, 0.2) is 11.4 Å². The smallest absolute Gasteiger partial charge is 0.408 e. The van der Waals surface area contributed by atoms with Crippen LogP contribution in [0.3, 0.4) is 0 Å². The van der Waals surface area contributed by atoms with Gasteiger partial charge in [-0.15, -0.1) is 0 Å². The zero-order valence-corrected chi connectivity index (χ0v) is 10.4. The van der Waals surface area contributed by atoms with Gasteiger partial charge in [-0.1, -0.05) is 0 Å². The van der Waals surface area contributed by atoms with Gasteiger partial charge in [0.05, 0.1) is 12.1 Å². The fourth-order valence-corrected chi connectivity index (χ4v) is 2.29. The molecule has 2 heterocycles. The average Bonchev–Trinajstić information content (AvgIpc) is 2.78. The summed E-state index contributed by atoms with van der Waals surface area (Å²) in [5.41, 5.74) is 1.64. The number of rotatable bonds is 3. The Kier molecular flexibility index (Phi) is 3.18. The van der Waals surface area contributed by atoms with E-state index in [1.807, 2.05) is 0 Å². The number of hydrogen-bond acceptors (Lipinski definition) is 5. The molecule has 0 bridgehead atoms. The maximum Gasteiger partial charge on any atom is 0.417 e. The minimum absolute atomic E-state index is 0.0610. The molecule has 0 radical (unpaired) electrons. The summed E-state index contributed by atoms with van der Waals surface area (Å²) in [4.78, 5) is 27.9. The molecule has 1 aliphatic rings. The maximum atomic E-state index is 12.2. The summed E-state index contributed by atoms with van der Waals surface area (Å²) in [5.74, 6) is -0.437. The number of nitrogens with zero attached hydrogens (tertiary/aromatic N) is 1. The van der Waals surface area contributed by atoms with Gasteiger partial charge < -0.3 is 9.73 Å². The first-order valence-electron chi connectivity index (χ1n) is 6.31. The number of nitrogens with one attached hydrogen (secondary N) is 2. The molecule has 1 saturated heterocycles. The number of hydrogen-bond donors (Lipinski definition) is 2. The predicted molar refractivity (Wildman–Crippen MR) is 70.5 cm³/mol. The first-order valence-corrected chi connectivity index (χ1v) is 6.31. The van der Waals surface area contributed by atoms with E-state index in [0.717, 1.165) is 26.2 Å². The van der Waals surface area contributed by atoms with Crippen LogP contribution in [0.25, 0.3) is 11.1 Å². The second-order valence-electron chi connectivity index (χ2n) is 4.67. The molecule has 1 fully saturated rings. The third-order valence-corrected chi connectivity index (χ3v) is 3.32. The monoisotopic (exact) mass is 261 g/mol. The predicted octanol–water partition coefficient (Wildman–Crippen LogP) is 0.209. The number of ketones is 1. The lowest BCUT2D eigenvalue weighted by Crippen LogP contribution is -2.45. The summed E-state index contributed by atoms with van der Waals surface area (Å²) in [6, 6.07) is 5.02. The fraction of sp³-hybridized carbons (Fsp3) is 0.385. The number of fused-ring (bicyclic) bond motifs is 1. The molecular formula is C13H15N3O3. The van der Waals surface area contributed by atoms with Crippen LogP contribution in [-0.4, -0.2) is 48.4 Å². The summed E-state index contributed by atoms with van der Waals surface area (Å²) in [5, 5.41) is 3.25. The van der Waals surface area contributed by atoms with Crippen LogP contribution in [0.1, 0.15) is 10.4 Å². The molecule has 0 aliphatic carbocycles. The number of H-pyrrole nitrogens is 1. The van der Waals surface area contributed by atoms with Gasteiger partial charge in [-0.25, -0.2) is 4.79 Å². The SMILES string of the molecule is O=C(CN1CCNCC1)c1ccc2oc(=O)[nH]c2c1. The first-order chi connectivity index (χ1) is 9.22. The molecule has 1 aromatic carbocycles. The van der Waals surface area contributed by atoms with Crippen molar-refractivity contribution in [3.63, 3.8) is 0 Å². The topological polar surface area (TPSA) is 78.3 Å². The van der Waals surface area contributed by atoms with Crippen LogP contribution in [0.4, 0.5) is 0 Å². The van der Waals surface area contributed by atoms with E-state index < -0.39 is 5.76 Å². The minimum atomic E-state index is -0.498. The van der Waals surface area contributed by atoms with Crippen molar-refractivity contribution >= 4 is 16.9 Å². The largest absolute Gasteiger partial charge is 0.417 e. The molecule has 0 atom stereocenters. The molecule has 1 aromatic heterocycles. The van der Waals surface area contributed by atoms with Gasteiger partial charge in [0.25, 0.3) is 0 Å². The molecule has 0 unspecified atom stereocenters. The Morgan fingerprint density at radius 1 is 1.32 bits per heavy atom. The summed E-state index contributed by atoms with van der Waals surface area (Å²) >= 11 is 0. The third kappa shape index (κ3) is 2.59. The van der Waals surface area contributed by atoms with E-state index in [1.165, 1.54) is 0 Å². The van der Waals surface area contributed by atoms with Gasteiger partial charge in [-0.3, -0.25) is 14.7 Å². The van der Waals surface area contributed by atoms with Crippen molar-refractivity contribution < 1.29 is 9.21 Å². The van der Waals surface area contributed by atoms with Crippen LogP contribution in [0.15, 0.2) is 27.4 Å². The van der Waals surface area contributed by atoms with E-state index in [-0.39, 0.29) is 5.78 Å². The number of carbonyl (C=O) groups is 1. The molecule has 2 aromatic rings. The van der Waals surface area contributed by atoms with Crippen molar-refractivity contribution in [3.05, 3.63) is 34.3 Å². The van der Waals surface area contributed by atoms with Gasteiger partial charge in [-0.2, -0.15) is 0 Å². The van der Waals surface area contributed by atoms with Crippen LogP contribution >= 0.6 is 0 Å². The van der Waals surface area contributed by atoms with Crippen molar-refractivity contribution in [3.8, 4) is 0 Å². The molecule has 6 heteroatoms. The van der Waals surface area contributed by atoms with Crippen LogP contribution in [0.2, 0.25) is 0 Å². The lowest BCUT2D eigenvalue weighted by molar-refractivity contribution is 0.0921. The molecule has 1 aliphatic heterocycles. The molecule has 3 rings (SSSR count). The average molecular weight is 261 g/mol. The Morgan fingerprint density at radius 2 is 2.11 bits per heavy atom. The normalized spacial score (nSPS) is 16.8. The molecule has 100 valence electrons. The maximum absolute atomic E-state index is 12.2. The second kappa shape index (κ2) is 4.99. The highest BCUT2D eigenvalue weighted by Gasteiger charge is 2.15. The lowest BCUT2D eigenvalue weighted by atomic mass is 10.1. The van der Waals surface area contributed by atoms with Crippen LogP contribution in [0, 0.1) is 0 Å². The standard InChI is InChI=1S/C13H15N3O3/c17-11(8-16-5-3-14-4-6-16)9-1-2-12-10(7-9)15-13(18)19-12/h1-2,7,14H,3-6,8H2,(H,15,18). The third-order valence-electron chi connectivity index (χ3n) is 3.32. The number of Topliss-reactive ketones (excluding diaryl/α,β-unsaturated/α-hetero) is 1. The summed E-state index contributed by atoms with van der Waals surface area (Å²) in [6.45, 7) is 4.02. The van der Waals surface area contributed by atoms with Crippen molar-refractivity contribution in [2.45, 2.75) is 0 Å². The zero-order valence-electron chi connectivity index (χ0n) is 10.4. The van der Waals surface area contributed by atoms with Crippen LogP contribution in [0.5, 0.6) is 0 Å².